The van der Waals surface area contributed by atoms with E-state index in [2.05, 4.69) is 25.5 Å². The number of fused-ring (bicyclic) bond motifs is 1. The second-order valence-electron chi connectivity index (χ2n) is 10.1. The minimum Gasteiger partial charge on any atom is -0.497 e. The number of hydrogen-bond acceptors (Lipinski definition) is 10. The molecule has 6 rings (SSSR count). The standard InChI is InChI=1S/C35H29N5O6S/c1-43-26-13-4-21(5-14-26)6-16-29(41)22-7-11-25(12-8-22)36-32(42)20-47-35-40-39-34(46-35)24-9-15-27-28(18-24)38-33(37-27)23-10-17-30(44-2)31(19-23)45-3/h4-19H,20H2,1-3H3,(H,36,42)(H,37,38)/b16-6+. The highest BCUT2D eigenvalue weighted by Crippen LogP contribution is 2.33. The fourth-order valence-corrected chi connectivity index (χ4v) is 5.24. The largest absolute Gasteiger partial charge is 0.497 e. The molecule has 0 aliphatic heterocycles. The first-order valence-electron chi connectivity index (χ1n) is 14.4. The molecule has 2 N–H and O–H groups in total. The van der Waals surface area contributed by atoms with Crippen LogP contribution in [-0.4, -0.2) is 58.9 Å². The molecule has 1 amide bonds. The molecular formula is C35H29N5O6S. The summed E-state index contributed by atoms with van der Waals surface area (Å²) in [6, 6.07) is 25.3. The zero-order chi connectivity index (χ0) is 32.8. The number of amides is 1. The lowest BCUT2D eigenvalue weighted by molar-refractivity contribution is -0.113. The van der Waals surface area contributed by atoms with Crippen molar-refractivity contribution in [1.82, 2.24) is 20.2 Å². The molecule has 4 aromatic carbocycles. The Labute approximate surface area is 274 Å². The summed E-state index contributed by atoms with van der Waals surface area (Å²) in [5, 5.41) is 11.3. The number of allylic oxidation sites excluding steroid dienone is 1. The monoisotopic (exact) mass is 647 g/mol. The van der Waals surface area contributed by atoms with Crippen molar-refractivity contribution >= 4 is 46.2 Å². The lowest BCUT2D eigenvalue weighted by Crippen LogP contribution is -2.14. The predicted octanol–water partition coefficient (Wildman–Crippen LogP) is 6.93. The minimum absolute atomic E-state index is 0.0567. The van der Waals surface area contributed by atoms with Crippen molar-refractivity contribution in [3.05, 3.63) is 102 Å². The summed E-state index contributed by atoms with van der Waals surface area (Å²) in [6.07, 6.45) is 3.25. The number of nitrogens with one attached hydrogen (secondary N) is 2. The van der Waals surface area contributed by atoms with Gasteiger partial charge in [0.2, 0.25) is 11.8 Å². The third-order valence-corrected chi connectivity index (χ3v) is 7.93. The highest BCUT2D eigenvalue weighted by atomic mass is 32.2. The van der Waals surface area contributed by atoms with Crippen molar-refractivity contribution in [2.75, 3.05) is 32.4 Å². The predicted molar refractivity (Wildman–Crippen MR) is 180 cm³/mol. The van der Waals surface area contributed by atoms with E-state index in [0.29, 0.717) is 40.0 Å². The Hall–Kier alpha value is -5.88. The Morgan fingerprint density at radius 3 is 2.36 bits per heavy atom. The first kappa shape index (κ1) is 31.1. The Morgan fingerprint density at radius 2 is 1.62 bits per heavy atom. The molecule has 2 heterocycles. The number of methoxy groups -OCH3 is 3. The lowest BCUT2D eigenvalue weighted by Gasteiger charge is -2.08. The van der Waals surface area contributed by atoms with Crippen molar-refractivity contribution in [2.45, 2.75) is 5.22 Å². The summed E-state index contributed by atoms with van der Waals surface area (Å²) in [6.45, 7) is 0. The highest BCUT2D eigenvalue weighted by molar-refractivity contribution is 7.99. The van der Waals surface area contributed by atoms with Gasteiger partial charge in [-0.25, -0.2) is 4.98 Å². The first-order valence-corrected chi connectivity index (χ1v) is 15.4. The van der Waals surface area contributed by atoms with Crippen molar-refractivity contribution in [2.24, 2.45) is 0 Å². The number of benzene rings is 4. The fraction of sp³-hybridized carbons (Fsp3) is 0.114. The van der Waals surface area contributed by atoms with E-state index >= 15 is 0 Å². The highest BCUT2D eigenvalue weighted by Gasteiger charge is 2.15. The molecule has 0 fully saturated rings. The fourth-order valence-electron chi connectivity index (χ4n) is 4.67. The third kappa shape index (κ3) is 7.34. The molecule has 0 bridgehead atoms. The van der Waals surface area contributed by atoms with Crippen LogP contribution in [0.25, 0.3) is 40.0 Å². The number of anilines is 1. The van der Waals surface area contributed by atoms with E-state index in [-0.39, 0.29) is 22.7 Å². The van der Waals surface area contributed by atoms with E-state index in [0.717, 1.165) is 39.7 Å². The maximum atomic E-state index is 12.6. The number of ketones is 1. The van der Waals surface area contributed by atoms with E-state index in [1.165, 1.54) is 6.08 Å². The molecular weight excluding hydrogens is 618 g/mol. The van der Waals surface area contributed by atoms with E-state index in [1.807, 2.05) is 60.7 Å². The van der Waals surface area contributed by atoms with Gasteiger partial charge in [0.15, 0.2) is 17.3 Å². The maximum absolute atomic E-state index is 12.6. The number of imidazole rings is 1. The number of carbonyl (C=O) groups excluding carboxylic acids is 2. The van der Waals surface area contributed by atoms with Crippen LogP contribution in [0.2, 0.25) is 0 Å². The number of thioether (sulfide) groups is 1. The molecule has 47 heavy (non-hydrogen) atoms. The summed E-state index contributed by atoms with van der Waals surface area (Å²) < 4.78 is 21.7. The lowest BCUT2D eigenvalue weighted by atomic mass is 10.1. The van der Waals surface area contributed by atoms with Crippen molar-refractivity contribution in [3.63, 3.8) is 0 Å². The molecule has 0 saturated carbocycles. The average molecular weight is 648 g/mol. The smallest absolute Gasteiger partial charge is 0.277 e. The van der Waals surface area contributed by atoms with Crippen LogP contribution in [0.3, 0.4) is 0 Å². The van der Waals surface area contributed by atoms with Gasteiger partial charge in [-0.2, -0.15) is 0 Å². The van der Waals surface area contributed by atoms with E-state index in [9.17, 15) is 9.59 Å². The van der Waals surface area contributed by atoms with Crippen LogP contribution in [0.1, 0.15) is 15.9 Å². The second-order valence-corrected chi connectivity index (χ2v) is 11.1. The summed E-state index contributed by atoms with van der Waals surface area (Å²) >= 11 is 1.12. The SMILES string of the molecule is COc1ccc(/C=C/C(=O)c2ccc(NC(=O)CSc3nnc(-c4ccc5nc(-c6ccc(OC)c(OC)c6)[nH]c5c4)o3)cc2)cc1. The van der Waals surface area contributed by atoms with Gasteiger partial charge in [0, 0.05) is 22.4 Å². The number of aromatic nitrogens is 4. The van der Waals surface area contributed by atoms with Crippen LogP contribution < -0.4 is 19.5 Å². The molecule has 6 aromatic rings. The van der Waals surface area contributed by atoms with Crippen LogP contribution >= 0.6 is 11.8 Å². The number of H-pyrrole nitrogens is 1. The molecule has 0 unspecified atom stereocenters. The quantitative estimate of drug-likeness (QED) is 0.0816. The van der Waals surface area contributed by atoms with E-state index in [1.54, 1.807) is 51.7 Å². The van der Waals surface area contributed by atoms with Gasteiger partial charge in [0.05, 0.1) is 38.1 Å². The summed E-state index contributed by atoms with van der Waals surface area (Å²) in [5.74, 6) is 2.64. The van der Waals surface area contributed by atoms with Crippen molar-refractivity contribution < 1.29 is 28.2 Å². The van der Waals surface area contributed by atoms with Crippen molar-refractivity contribution in [3.8, 4) is 40.1 Å². The molecule has 236 valence electrons. The molecule has 12 heteroatoms. The van der Waals surface area contributed by atoms with E-state index in [4.69, 9.17) is 18.6 Å². The molecule has 11 nitrogen and oxygen atoms in total. The first-order chi connectivity index (χ1) is 22.9. The van der Waals surface area contributed by atoms with Crippen LogP contribution in [0, 0.1) is 0 Å². The van der Waals surface area contributed by atoms with Gasteiger partial charge in [-0.1, -0.05) is 30.0 Å². The van der Waals surface area contributed by atoms with Crippen LogP contribution in [0.4, 0.5) is 5.69 Å². The van der Waals surface area contributed by atoms with Gasteiger partial charge < -0.3 is 28.9 Å². The van der Waals surface area contributed by atoms with Gasteiger partial charge in [0.25, 0.3) is 5.22 Å². The topological polar surface area (TPSA) is 141 Å². The van der Waals surface area contributed by atoms with Crippen molar-refractivity contribution in [1.29, 1.82) is 0 Å². The zero-order valence-corrected chi connectivity index (χ0v) is 26.5. The average Bonchev–Trinajstić information content (AvgIpc) is 3.77. The van der Waals surface area contributed by atoms with Gasteiger partial charge >= 0.3 is 0 Å². The van der Waals surface area contributed by atoms with Gasteiger partial charge in [-0.3, -0.25) is 9.59 Å². The molecule has 0 radical (unpaired) electrons. The Balaban J connectivity index is 1.03. The van der Waals surface area contributed by atoms with Gasteiger partial charge in [0.1, 0.15) is 11.6 Å². The Kier molecular flexibility index (Phi) is 9.30. The summed E-state index contributed by atoms with van der Waals surface area (Å²) in [4.78, 5) is 33.2. The molecule has 0 saturated heterocycles. The minimum atomic E-state index is -0.255. The number of hydrogen-bond donors (Lipinski definition) is 2. The maximum Gasteiger partial charge on any atom is 0.277 e. The second kappa shape index (κ2) is 14.0. The Bertz CT molecular complexity index is 2070. The molecule has 0 aliphatic rings. The zero-order valence-electron chi connectivity index (χ0n) is 25.6. The van der Waals surface area contributed by atoms with Gasteiger partial charge in [-0.05, 0) is 84.4 Å². The van der Waals surface area contributed by atoms with Gasteiger partial charge in [-0.15, -0.1) is 10.2 Å². The van der Waals surface area contributed by atoms with Crippen LogP contribution in [-0.2, 0) is 4.79 Å². The molecule has 0 atom stereocenters. The number of aromatic amines is 1. The number of rotatable bonds is 12. The Morgan fingerprint density at radius 1 is 0.851 bits per heavy atom. The number of nitrogens with zero attached hydrogens (tertiary/aromatic N) is 3. The summed E-state index contributed by atoms with van der Waals surface area (Å²) in [7, 11) is 4.78. The van der Waals surface area contributed by atoms with Crippen LogP contribution in [0.5, 0.6) is 17.2 Å². The molecule has 2 aromatic heterocycles. The molecule has 0 spiro atoms. The molecule has 0 aliphatic carbocycles. The summed E-state index contributed by atoms with van der Waals surface area (Å²) in [5.41, 5.74) is 5.07. The number of ether oxygens (including phenoxy) is 3. The number of carbonyl (C=O) groups is 2. The normalized spacial score (nSPS) is 11.1. The van der Waals surface area contributed by atoms with E-state index < -0.39 is 0 Å². The van der Waals surface area contributed by atoms with Crippen LogP contribution in [0.15, 0.2) is 101 Å². The third-order valence-electron chi connectivity index (χ3n) is 7.12.